The van der Waals surface area contributed by atoms with Crippen molar-refractivity contribution in [3.63, 3.8) is 0 Å². The second kappa shape index (κ2) is 32.9. The smallest absolute Gasteiger partial charge is 0.408 e. The minimum absolute atomic E-state index is 0.0639. The number of rotatable bonds is 30. The number of carbonyl (C=O) groups is 9. The number of benzene rings is 5. The zero-order chi connectivity index (χ0) is 55.0. The maximum absolute atomic E-state index is 13.8. The lowest BCUT2D eigenvalue weighted by molar-refractivity contribution is -0.149. The van der Waals surface area contributed by atoms with Crippen LogP contribution < -0.4 is 31.9 Å². The minimum atomic E-state index is -1.84. The van der Waals surface area contributed by atoms with Crippen LogP contribution in [0.3, 0.4) is 0 Å². The number of aliphatic hydroxyl groups excluding tert-OH is 1. The van der Waals surface area contributed by atoms with Crippen molar-refractivity contribution >= 4 is 53.7 Å². The van der Waals surface area contributed by atoms with Crippen LogP contribution in [-0.2, 0) is 90.3 Å². The molecule has 0 saturated heterocycles. The van der Waals surface area contributed by atoms with Gasteiger partial charge in [-0.25, -0.2) is 14.4 Å². The maximum atomic E-state index is 13.8. The Morgan fingerprint density at radius 3 is 1.23 bits per heavy atom. The summed E-state index contributed by atoms with van der Waals surface area (Å²) in [5.41, 5.74) is 3.35. The molecule has 7 N–H and O–H groups in total. The summed E-state index contributed by atoms with van der Waals surface area (Å²) in [5, 5.41) is 24.7. The normalized spacial score (nSPS) is 12.1. The summed E-state index contributed by atoms with van der Waals surface area (Å²) in [7, 11) is 0. The van der Waals surface area contributed by atoms with Crippen LogP contribution in [0.2, 0.25) is 0 Å². The van der Waals surface area contributed by atoms with Gasteiger partial charge in [-0.05, 0) is 47.1 Å². The molecule has 0 radical (unpaired) electrons. The summed E-state index contributed by atoms with van der Waals surface area (Å²) in [6, 6.07) is 37.2. The van der Waals surface area contributed by atoms with Crippen LogP contribution in [0, 0.1) is 0 Å². The number of hydrogen-bond acceptors (Lipinski definition) is 15. The largest absolute Gasteiger partial charge is 0.461 e. The molecule has 0 aliphatic carbocycles. The van der Waals surface area contributed by atoms with E-state index in [0.717, 1.165) is 5.56 Å². The Kier molecular flexibility index (Phi) is 25.1. The van der Waals surface area contributed by atoms with E-state index in [9.17, 15) is 48.3 Å². The van der Waals surface area contributed by atoms with E-state index in [4.69, 9.17) is 23.7 Å². The molecule has 5 aromatic rings. The zero-order valence-electron chi connectivity index (χ0n) is 42.1. The highest BCUT2D eigenvalue weighted by atomic mass is 16.6. The van der Waals surface area contributed by atoms with Crippen LogP contribution in [0.15, 0.2) is 152 Å². The second-order valence-electron chi connectivity index (χ2n) is 17.2. The molecule has 0 heterocycles. The summed E-state index contributed by atoms with van der Waals surface area (Å²) < 4.78 is 26.7. The first-order valence-electron chi connectivity index (χ1n) is 24.6. The van der Waals surface area contributed by atoms with E-state index in [1.54, 1.807) is 121 Å². The maximum Gasteiger partial charge on any atom is 0.408 e. The minimum Gasteiger partial charge on any atom is -0.461 e. The van der Waals surface area contributed by atoms with E-state index in [-0.39, 0.29) is 46.0 Å². The molecule has 0 fully saturated rings. The average Bonchev–Trinajstić information content (AvgIpc) is 3.45. The summed E-state index contributed by atoms with van der Waals surface area (Å²) >= 11 is 0. The van der Waals surface area contributed by atoms with Crippen LogP contribution in [0.5, 0.6) is 0 Å². The molecule has 0 aliphatic heterocycles. The molecule has 4 atom stereocenters. The van der Waals surface area contributed by atoms with Gasteiger partial charge in [0, 0.05) is 6.54 Å². The fraction of sp³-hybridized carbons (Fsp3) is 0.304. The van der Waals surface area contributed by atoms with Gasteiger partial charge in [-0.2, -0.15) is 0 Å². The van der Waals surface area contributed by atoms with Crippen molar-refractivity contribution in [1.82, 2.24) is 31.9 Å². The molecular weight excluding hydrogens is 997 g/mol. The number of hydrogen-bond donors (Lipinski definition) is 7. The van der Waals surface area contributed by atoms with Gasteiger partial charge < -0.3 is 60.7 Å². The van der Waals surface area contributed by atoms with Gasteiger partial charge in [-0.1, -0.05) is 152 Å². The highest BCUT2D eigenvalue weighted by Gasteiger charge is 2.33. The molecule has 21 heteroatoms. The predicted octanol–water partition coefficient (Wildman–Crippen LogP) is 3.95. The molecule has 0 aliphatic rings. The van der Waals surface area contributed by atoms with E-state index in [2.05, 4.69) is 31.9 Å². The van der Waals surface area contributed by atoms with Crippen molar-refractivity contribution in [2.45, 2.75) is 89.3 Å². The number of nitrogens with one attached hydrogen (secondary N) is 6. The summed E-state index contributed by atoms with van der Waals surface area (Å²) in [5.74, 6) is -6.93. The molecule has 21 nitrogen and oxygen atoms in total. The fourth-order valence-corrected chi connectivity index (χ4v) is 7.04. The molecule has 0 unspecified atom stereocenters. The third-order valence-corrected chi connectivity index (χ3v) is 11.2. The van der Waals surface area contributed by atoms with Gasteiger partial charge >= 0.3 is 30.1 Å². The van der Waals surface area contributed by atoms with Gasteiger partial charge in [0.05, 0.1) is 26.0 Å². The average molecular weight is 1060 g/mol. The quantitative estimate of drug-likeness (QED) is 0.0195. The van der Waals surface area contributed by atoms with Gasteiger partial charge in [0.25, 0.3) is 0 Å². The van der Waals surface area contributed by atoms with E-state index < -0.39 is 104 Å². The third kappa shape index (κ3) is 22.9. The number of carbonyl (C=O) groups excluding carboxylic acids is 9. The molecule has 0 bridgehead atoms. The number of esters is 3. The Hall–Kier alpha value is -9.11. The zero-order valence-corrected chi connectivity index (χ0v) is 42.1. The first kappa shape index (κ1) is 58.8. The first-order chi connectivity index (χ1) is 37.3. The van der Waals surface area contributed by atoms with E-state index in [0.29, 0.717) is 35.1 Å². The molecule has 406 valence electrons. The Morgan fingerprint density at radius 2 is 0.779 bits per heavy atom. The Labute approximate surface area is 444 Å². The molecule has 6 amide bonds. The Bertz CT molecular complexity index is 2610. The molecular formula is C56H62N6O15. The van der Waals surface area contributed by atoms with E-state index in [1.807, 2.05) is 30.3 Å². The number of alkyl carbamates (subject to hydrolysis) is 2. The summed E-state index contributed by atoms with van der Waals surface area (Å²) in [6.07, 6.45) is -2.52. The van der Waals surface area contributed by atoms with Crippen LogP contribution in [0.25, 0.3) is 0 Å². The van der Waals surface area contributed by atoms with E-state index >= 15 is 0 Å². The van der Waals surface area contributed by atoms with Gasteiger partial charge in [0.1, 0.15) is 57.2 Å². The van der Waals surface area contributed by atoms with Crippen LogP contribution in [0.4, 0.5) is 9.59 Å². The number of unbranched alkanes of at least 4 members (excludes halogenated alkanes) is 1. The standard InChI is InChI=1S/C56H62N6O15/c63-33-47(61-52(68)46(31-50(66)74-35-40-20-8-2-9-21-40)62-56(72)77-38-43-26-14-5-15-27-43)53(69)60-45(30-49(65)73-34-39-18-6-1-7-19-39)51(67)58-32-48(64)59-44(54(70)75-36-41-22-10-3-11-23-41)28-16-17-29-57-55(71)76-37-42-24-12-4-13-25-42/h1-15,18-27,44-47,63H,16-17,28-38H2,(H,57,71)(H,58,67)(H,59,64)(H,60,69)(H,61,68)(H,62,72)/t44-,45-,46-,47-/m0/s1. The van der Waals surface area contributed by atoms with Gasteiger partial charge in [0.2, 0.25) is 23.6 Å². The van der Waals surface area contributed by atoms with Crippen molar-refractivity contribution in [3.05, 3.63) is 179 Å². The number of ether oxygens (including phenoxy) is 5. The van der Waals surface area contributed by atoms with Gasteiger partial charge in [-0.3, -0.25) is 28.8 Å². The summed E-state index contributed by atoms with van der Waals surface area (Å²) in [6.45, 7) is -2.25. The number of aliphatic hydroxyl groups is 1. The van der Waals surface area contributed by atoms with Gasteiger partial charge in [-0.15, -0.1) is 0 Å². The first-order valence-corrected chi connectivity index (χ1v) is 24.6. The van der Waals surface area contributed by atoms with E-state index in [1.165, 1.54) is 0 Å². The lowest BCUT2D eigenvalue weighted by Gasteiger charge is -2.24. The Morgan fingerprint density at radius 1 is 0.390 bits per heavy atom. The van der Waals surface area contributed by atoms with Crippen molar-refractivity contribution in [2.24, 2.45) is 0 Å². The predicted molar refractivity (Wildman–Crippen MR) is 276 cm³/mol. The monoisotopic (exact) mass is 1060 g/mol. The molecule has 5 rings (SSSR count). The third-order valence-electron chi connectivity index (χ3n) is 11.2. The molecule has 5 aromatic carbocycles. The Balaban J connectivity index is 1.22. The lowest BCUT2D eigenvalue weighted by atomic mass is 10.1. The molecule has 0 aromatic heterocycles. The van der Waals surface area contributed by atoms with Crippen LogP contribution >= 0.6 is 0 Å². The molecule has 77 heavy (non-hydrogen) atoms. The molecule has 0 spiro atoms. The molecule has 0 saturated carbocycles. The second-order valence-corrected chi connectivity index (χ2v) is 17.2. The highest BCUT2D eigenvalue weighted by Crippen LogP contribution is 2.10. The van der Waals surface area contributed by atoms with Crippen molar-refractivity contribution in [2.75, 3.05) is 19.7 Å². The van der Waals surface area contributed by atoms with Crippen LogP contribution in [0.1, 0.15) is 59.9 Å². The fourth-order valence-electron chi connectivity index (χ4n) is 7.04. The van der Waals surface area contributed by atoms with Gasteiger partial charge in [0.15, 0.2) is 0 Å². The highest BCUT2D eigenvalue weighted by molar-refractivity contribution is 5.97. The van der Waals surface area contributed by atoms with Crippen LogP contribution in [-0.4, -0.2) is 103 Å². The number of amides is 6. The van der Waals surface area contributed by atoms with Crippen molar-refractivity contribution < 1.29 is 71.9 Å². The lowest BCUT2D eigenvalue weighted by Crippen LogP contribution is -2.58. The van der Waals surface area contributed by atoms with Crippen molar-refractivity contribution in [3.8, 4) is 0 Å². The summed E-state index contributed by atoms with van der Waals surface area (Å²) in [4.78, 5) is 119. The topological polar surface area (TPSA) is 292 Å². The van der Waals surface area contributed by atoms with Crippen molar-refractivity contribution in [1.29, 1.82) is 0 Å². The SMILES string of the molecule is O=C(CNC(=O)[C@H](CC(=O)OCc1ccccc1)NC(=O)[C@H](CO)NC(=O)[C@H](CC(=O)OCc1ccccc1)NC(=O)OCc1ccccc1)N[C@@H](CCCCNC(=O)OCc1ccccc1)C(=O)OCc1ccccc1.